The van der Waals surface area contributed by atoms with Crippen LogP contribution in [-0.4, -0.2) is 59.7 Å². The second-order valence-corrected chi connectivity index (χ2v) is 11.3. The molecule has 0 bridgehead atoms. The van der Waals surface area contributed by atoms with E-state index in [1.807, 2.05) is 12.1 Å². The fourth-order valence-corrected chi connectivity index (χ4v) is 6.53. The fourth-order valence-electron chi connectivity index (χ4n) is 3.87. The molecule has 9 nitrogen and oxygen atoms in total. The Morgan fingerprint density at radius 3 is 2.51 bits per heavy atom. The van der Waals surface area contributed by atoms with Crippen molar-refractivity contribution in [2.45, 2.75) is 11.8 Å². The van der Waals surface area contributed by atoms with Crippen LogP contribution in [0.3, 0.4) is 0 Å². The maximum atomic E-state index is 13.2. The first-order valence-corrected chi connectivity index (χ1v) is 13.3. The molecule has 1 aliphatic heterocycles. The Hall–Kier alpha value is -3.12. The van der Waals surface area contributed by atoms with Gasteiger partial charge in [0, 0.05) is 60.6 Å². The average Bonchev–Trinajstić information content (AvgIpc) is 3.25. The van der Waals surface area contributed by atoms with Gasteiger partial charge in [-0.2, -0.15) is 4.31 Å². The van der Waals surface area contributed by atoms with Crippen molar-refractivity contribution in [3.8, 4) is 10.6 Å². The molecule has 1 saturated heterocycles. The molecule has 0 saturated carbocycles. The minimum atomic E-state index is -4.11. The van der Waals surface area contributed by atoms with Gasteiger partial charge < -0.3 is 9.32 Å². The van der Waals surface area contributed by atoms with E-state index in [0.717, 1.165) is 10.6 Å². The number of amides is 1. The van der Waals surface area contributed by atoms with E-state index in [4.69, 9.17) is 16.0 Å². The number of carbonyl (C=O) groups is 1. The molecule has 1 fully saturated rings. The average molecular weight is 531 g/mol. The van der Waals surface area contributed by atoms with E-state index >= 15 is 0 Å². The molecule has 1 aliphatic rings. The lowest BCUT2D eigenvalue weighted by Gasteiger charge is -2.33. The first-order valence-electron chi connectivity index (χ1n) is 10.6. The summed E-state index contributed by atoms with van der Waals surface area (Å²) in [4.78, 5) is 35.8. The Morgan fingerprint density at radius 2 is 1.80 bits per heavy atom. The number of carbonyl (C=O) groups excluding carboxylic acids is 1. The Morgan fingerprint density at radius 1 is 1.09 bits per heavy atom. The molecule has 3 aromatic heterocycles. The van der Waals surface area contributed by atoms with Gasteiger partial charge in [0.25, 0.3) is 5.91 Å². The highest BCUT2D eigenvalue weighted by Gasteiger charge is 2.34. The predicted molar refractivity (Wildman–Crippen MR) is 132 cm³/mol. The summed E-state index contributed by atoms with van der Waals surface area (Å²) >= 11 is 7.22. The standard InChI is InChI=1S/C23H19ClN4O5S2/c1-14-20(34-21(26-14)15-4-6-25-7-5-15)22(29)27-8-10-28(11-9-27)35(31,32)19-12-16-2-3-17(24)13-18(16)33-23(19)30/h2-7,12-13H,8-11H2,1H3. The molecule has 4 aromatic rings. The van der Waals surface area contributed by atoms with E-state index < -0.39 is 20.5 Å². The summed E-state index contributed by atoms with van der Waals surface area (Å²) in [6, 6.07) is 9.59. The quantitative estimate of drug-likeness (QED) is 0.371. The third-order valence-electron chi connectivity index (χ3n) is 5.73. The molecule has 1 amide bonds. The minimum absolute atomic E-state index is 0.0568. The number of hydrogen-bond donors (Lipinski definition) is 0. The van der Waals surface area contributed by atoms with E-state index in [1.165, 1.54) is 27.8 Å². The van der Waals surface area contributed by atoms with Crippen LogP contribution < -0.4 is 5.63 Å². The van der Waals surface area contributed by atoms with Crippen LogP contribution in [0.1, 0.15) is 15.4 Å². The first-order chi connectivity index (χ1) is 16.7. The van der Waals surface area contributed by atoms with Crippen molar-refractivity contribution >= 4 is 49.8 Å². The van der Waals surface area contributed by atoms with Gasteiger partial charge in [-0.05, 0) is 37.3 Å². The molecular weight excluding hydrogens is 512 g/mol. The number of fused-ring (bicyclic) bond motifs is 1. The molecule has 0 atom stereocenters. The number of nitrogens with zero attached hydrogens (tertiary/aromatic N) is 4. The van der Waals surface area contributed by atoms with E-state index in [2.05, 4.69) is 9.97 Å². The number of aromatic nitrogens is 2. The number of aryl methyl sites for hydroxylation is 1. The van der Waals surface area contributed by atoms with Crippen molar-refractivity contribution in [3.05, 3.63) is 74.8 Å². The molecule has 0 N–H and O–H groups in total. The van der Waals surface area contributed by atoms with Crippen LogP contribution in [0.2, 0.25) is 5.02 Å². The third-order valence-corrected chi connectivity index (χ3v) is 9.04. The van der Waals surface area contributed by atoms with E-state index in [0.29, 0.717) is 21.0 Å². The fraction of sp³-hybridized carbons (Fsp3) is 0.217. The van der Waals surface area contributed by atoms with Gasteiger partial charge in [0.2, 0.25) is 10.0 Å². The number of halogens is 1. The highest BCUT2D eigenvalue weighted by molar-refractivity contribution is 7.89. The van der Waals surface area contributed by atoms with Crippen LogP contribution in [0.25, 0.3) is 21.5 Å². The largest absolute Gasteiger partial charge is 0.422 e. The summed E-state index contributed by atoms with van der Waals surface area (Å²) in [5, 5.41) is 1.55. The van der Waals surface area contributed by atoms with E-state index in [9.17, 15) is 18.0 Å². The van der Waals surface area contributed by atoms with Gasteiger partial charge in [-0.25, -0.2) is 18.2 Å². The van der Waals surface area contributed by atoms with Crippen LogP contribution >= 0.6 is 22.9 Å². The predicted octanol–water partition coefficient (Wildman–Crippen LogP) is 3.42. The Bertz CT molecular complexity index is 1590. The number of pyridine rings is 1. The number of benzene rings is 1. The molecule has 0 radical (unpaired) electrons. The molecule has 5 rings (SSSR count). The summed E-state index contributed by atoms with van der Waals surface area (Å²) in [6.45, 7) is 2.27. The third kappa shape index (κ3) is 4.47. The van der Waals surface area contributed by atoms with Gasteiger partial charge in [0.1, 0.15) is 15.5 Å². The maximum absolute atomic E-state index is 13.2. The first kappa shape index (κ1) is 23.6. The normalized spacial score (nSPS) is 15.0. The van der Waals surface area contributed by atoms with Crippen LogP contribution in [0.5, 0.6) is 0 Å². The van der Waals surface area contributed by atoms with Crippen molar-refractivity contribution in [2.24, 2.45) is 0 Å². The number of hydrogen-bond acceptors (Lipinski definition) is 8. The second-order valence-electron chi connectivity index (χ2n) is 7.95. The summed E-state index contributed by atoms with van der Waals surface area (Å²) in [5.41, 5.74) is 0.750. The zero-order valence-electron chi connectivity index (χ0n) is 18.5. The van der Waals surface area contributed by atoms with Crippen LogP contribution in [0, 0.1) is 6.92 Å². The molecule has 1 aromatic carbocycles. The molecule has 0 spiro atoms. The molecule has 12 heteroatoms. The van der Waals surface area contributed by atoms with Crippen molar-refractivity contribution in [2.75, 3.05) is 26.2 Å². The molecule has 4 heterocycles. The van der Waals surface area contributed by atoms with Gasteiger partial charge >= 0.3 is 5.63 Å². The minimum Gasteiger partial charge on any atom is -0.422 e. The number of thiazole rings is 1. The van der Waals surface area contributed by atoms with Crippen LogP contribution in [0.15, 0.2) is 62.9 Å². The summed E-state index contributed by atoms with van der Waals surface area (Å²) < 4.78 is 32.8. The van der Waals surface area contributed by atoms with Gasteiger partial charge in [0.15, 0.2) is 4.90 Å². The molecule has 180 valence electrons. The van der Waals surface area contributed by atoms with Crippen molar-refractivity contribution in [1.29, 1.82) is 0 Å². The van der Waals surface area contributed by atoms with Crippen LogP contribution in [-0.2, 0) is 10.0 Å². The second kappa shape index (κ2) is 9.15. The number of piperazine rings is 1. The van der Waals surface area contributed by atoms with Crippen molar-refractivity contribution in [1.82, 2.24) is 19.2 Å². The number of sulfonamides is 1. The molecule has 35 heavy (non-hydrogen) atoms. The highest BCUT2D eigenvalue weighted by atomic mass is 35.5. The zero-order chi connectivity index (χ0) is 24.7. The topological polar surface area (TPSA) is 114 Å². The lowest BCUT2D eigenvalue weighted by Crippen LogP contribution is -2.51. The maximum Gasteiger partial charge on any atom is 0.356 e. The summed E-state index contributed by atoms with van der Waals surface area (Å²) in [6.07, 6.45) is 3.33. The monoisotopic (exact) mass is 530 g/mol. The van der Waals surface area contributed by atoms with Crippen LogP contribution in [0.4, 0.5) is 0 Å². The zero-order valence-corrected chi connectivity index (χ0v) is 20.9. The van der Waals surface area contributed by atoms with Gasteiger partial charge in [0.05, 0.1) is 5.69 Å². The van der Waals surface area contributed by atoms with Crippen molar-refractivity contribution < 1.29 is 17.6 Å². The smallest absolute Gasteiger partial charge is 0.356 e. The van der Waals surface area contributed by atoms with Crippen molar-refractivity contribution in [3.63, 3.8) is 0 Å². The van der Waals surface area contributed by atoms with E-state index in [1.54, 1.807) is 36.4 Å². The molecule has 0 aliphatic carbocycles. The molecule has 0 unspecified atom stereocenters. The van der Waals surface area contributed by atoms with Gasteiger partial charge in [-0.1, -0.05) is 11.6 Å². The summed E-state index contributed by atoms with van der Waals surface area (Å²) in [7, 11) is -4.11. The summed E-state index contributed by atoms with van der Waals surface area (Å²) in [5.74, 6) is -0.195. The molecular formula is C23H19ClN4O5S2. The SMILES string of the molecule is Cc1nc(-c2ccncc2)sc1C(=O)N1CCN(S(=O)(=O)c2cc3ccc(Cl)cc3oc2=O)CC1. The highest BCUT2D eigenvalue weighted by Crippen LogP contribution is 2.29. The lowest BCUT2D eigenvalue weighted by atomic mass is 10.2. The van der Waals surface area contributed by atoms with Gasteiger partial charge in [-0.15, -0.1) is 11.3 Å². The van der Waals surface area contributed by atoms with Gasteiger partial charge in [-0.3, -0.25) is 9.78 Å². The van der Waals surface area contributed by atoms with E-state index in [-0.39, 0.29) is 37.7 Å². The Balaban J connectivity index is 1.33. The Kier molecular flexibility index (Phi) is 6.18. The Labute approximate surface area is 209 Å². The number of rotatable bonds is 4. The lowest BCUT2D eigenvalue weighted by molar-refractivity contribution is 0.0701.